The fourth-order valence-electron chi connectivity index (χ4n) is 6.17. The van der Waals surface area contributed by atoms with Crippen molar-refractivity contribution in [2.24, 2.45) is 0 Å². The van der Waals surface area contributed by atoms with Crippen molar-refractivity contribution in [3.05, 3.63) is 137 Å². The van der Waals surface area contributed by atoms with E-state index < -0.39 is 87.1 Å². The maximum atomic E-state index is 16.0. The molecule has 0 fully saturated rings. The molecule has 0 heterocycles. The zero-order valence-electron chi connectivity index (χ0n) is 26.1. The second-order valence-electron chi connectivity index (χ2n) is 11.8. The zero-order chi connectivity index (χ0) is 38.9. The number of alkyl halides is 12. The average molecular weight is 771 g/mol. The van der Waals surface area contributed by atoms with E-state index in [1.165, 1.54) is 54.6 Å². The third kappa shape index (κ3) is 6.85. The Bertz CT molecular complexity index is 2330. The predicted octanol–water partition coefficient (Wildman–Crippen LogP) is 11.1. The molecule has 0 atom stereocenters. The molecule has 6 aromatic rings. The van der Waals surface area contributed by atoms with Gasteiger partial charge in [0.1, 0.15) is 0 Å². The van der Waals surface area contributed by atoms with Crippen LogP contribution in [-0.2, 0) is 29.3 Å². The fourth-order valence-corrected chi connectivity index (χ4v) is 9.14. The molecule has 0 aliphatic heterocycles. The summed E-state index contributed by atoms with van der Waals surface area (Å²) in [6.45, 7) is 0. The van der Waals surface area contributed by atoms with Crippen LogP contribution >= 0.6 is 7.14 Å². The van der Waals surface area contributed by atoms with Crippen molar-refractivity contribution in [1.29, 1.82) is 0 Å². The van der Waals surface area contributed by atoms with Crippen molar-refractivity contribution < 1.29 is 67.2 Å². The molecule has 3 nitrogen and oxygen atoms in total. The van der Waals surface area contributed by atoms with Gasteiger partial charge in [0, 0.05) is 27.0 Å². The quantitative estimate of drug-likeness (QED) is 0.140. The van der Waals surface area contributed by atoms with Crippen molar-refractivity contribution >= 4 is 50.6 Å². The SMILES string of the molecule is O=C(O)c1ccc2ccccc2c1-c1c(P(=O)(c2cc(C(F)(F)F)cc(C(F)(F)F)c2)c2cc(C(F)(F)F)cc(C(F)(F)F)c2)ccc2ccccc12. The van der Waals surface area contributed by atoms with Crippen LogP contribution in [0.2, 0.25) is 0 Å². The van der Waals surface area contributed by atoms with Crippen LogP contribution in [0.1, 0.15) is 32.6 Å². The van der Waals surface area contributed by atoms with Crippen LogP contribution in [0.5, 0.6) is 0 Å². The van der Waals surface area contributed by atoms with Crippen LogP contribution in [0.3, 0.4) is 0 Å². The Kier molecular flexibility index (Phi) is 8.96. The number of benzene rings is 6. The highest BCUT2D eigenvalue weighted by molar-refractivity contribution is 7.85. The summed E-state index contributed by atoms with van der Waals surface area (Å²) in [6.07, 6.45) is -22.3. The van der Waals surface area contributed by atoms with Crippen molar-refractivity contribution in [2.45, 2.75) is 24.7 Å². The number of hydrogen-bond donors (Lipinski definition) is 1. The van der Waals surface area contributed by atoms with Gasteiger partial charge in [-0.15, -0.1) is 0 Å². The van der Waals surface area contributed by atoms with Crippen molar-refractivity contribution in [1.82, 2.24) is 0 Å². The first-order chi connectivity index (χ1) is 24.5. The molecule has 0 saturated carbocycles. The number of halogens is 12. The van der Waals surface area contributed by atoms with Gasteiger partial charge in [-0.25, -0.2) is 4.79 Å². The molecule has 0 aromatic heterocycles. The summed E-state index contributed by atoms with van der Waals surface area (Å²) in [5.74, 6) is -1.61. The zero-order valence-corrected chi connectivity index (χ0v) is 27.0. The second-order valence-corrected chi connectivity index (χ2v) is 14.6. The van der Waals surface area contributed by atoms with Crippen molar-refractivity contribution in [3.8, 4) is 11.1 Å². The molecule has 6 aromatic carbocycles. The highest BCUT2D eigenvalue weighted by atomic mass is 31.2. The van der Waals surface area contributed by atoms with Gasteiger partial charge < -0.3 is 9.67 Å². The van der Waals surface area contributed by atoms with E-state index in [0.29, 0.717) is 5.39 Å². The minimum absolute atomic E-state index is 0.0184. The van der Waals surface area contributed by atoms with Gasteiger partial charge in [-0.05, 0) is 70.1 Å². The summed E-state index contributed by atoms with van der Waals surface area (Å²) < 4.78 is 187. The summed E-state index contributed by atoms with van der Waals surface area (Å²) in [4.78, 5) is 12.7. The molecule has 6 rings (SSSR count). The Hall–Kier alpha value is -5.30. The van der Waals surface area contributed by atoms with Gasteiger partial charge in [0.05, 0.1) is 27.8 Å². The van der Waals surface area contributed by atoms with Gasteiger partial charge in [-0.2, -0.15) is 52.7 Å². The van der Waals surface area contributed by atoms with E-state index in [9.17, 15) is 62.6 Å². The summed E-state index contributed by atoms with van der Waals surface area (Å²) >= 11 is 0. The van der Waals surface area contributed by atoms with E-state index in [1.54, 1.807) is 6.07 Å². The Labute approximate surface area is 290 Å². The minimum atomic E-state index is -5.79. The Morgan fingerprint density at radius 2 is 0.830 bits per heavy atom. The monoisotopic (exact) mass is 770 g/mol. The predicted molar refractivity (Wildman–Crippen MR) is 173 cm³/mol. The normalized spacial score (nSPS) is 13.1. The third-order valence-electron chi connectivity index (χ3n) is 8.53. The molecule has 0 unspecified atom stereocenters. The first-order valence-corrected chi connectivity index (χ1v) is 16.7. The molecule has 1 N–H and O–H groups in total. The maximum absolute atomic E-state index is 16.0. The van der Waals surface area contributed by atoms with E-state index in [4.69, 9.17) is 0 Å². The van der Waals surface area contributed by atoms with Crippen molar-refractivity contribution in [3.63, 3.8) is 0 Å². The summed E-state index contributed by atoms with van der Waals surface area (Å²) in [7, 11) is -5.79. The van der Waals surface area contributed by atoms with Crippen LogP contribution < -0.4 is 15.9 Å². The standard InChI is InChI=1S/C37H19F12O3P/c38-34(39,40)21-13-22(35(41,42)43)16-25(15-21)53(52,26-17-23(36(44,45)46)14-24(18-26)37(47,48)49)30-12-10-20-6-2-4-8-28(20)32(30)31-27-7-3-1-5-19(27)9-11-29(31)33(50)51/h1-18H,(H,50,51). The van der Waals surface area contributed by atoms with E-state index in [0.717, 1.165) is 12.1 Å². The Balaban J connectivity index is 1.92. The number of fused-ring (bicyclic) bond motifs is 2. The van der Waals surface area contributed by atoms with Crippen LogP contribution in [0, 0.1) is 0 Å². The average Bonchev–Trinajstić information content (AvgIpc) is 3.08. The summed E-state index contributed by atoms with van der Waals surface area (Å²) in [5.41, 5.74) is -9.46. The minimum Gasteiger partial charge on any atom is -0.478 e. The van der Waals surface area contributed by atoms with E-state index in [2.05, 4.69) is 0 Å². The fraction of sp³-hybridized carbons (Fsp3) is 0.108. The molecule has 0 spiro atoms. The first kappa shape index (κ1) is 37.5. The van der Waals surface area contributed by atoms with Gasteiger partial charge in [0.25, 0.3) is 0 Å². The van der Waals surface area contributed by atoms with Crippen LogP contribution in [0.15, 0.2) is 109 Å². The molecular weight excluding hydrogens is 751 g/mol. The lowest BCUT2D eigenvalue weighted by Crippen LogP contribution is -2.30. The molecule has 0 aliphatic carbocycles. The molecule has 0 radical (unpaired) electrons. The number of carboxylic acid groups (broad SMARTS) is 1. The van der Waals surface area contributed by atoms with Crippen LogP contribution in [0.25, 0.3) is 32.7 Å². The molecular formula is C37H19F12O3P. The Morgan fingerprint density at radius 1 is 0.472 bits per heavy atom. The lowest BCUT2D eigenvalue weighted by atomic mass is 9.90. The number of aromatic carboxylic acids is 1. The van der Waals surface area contributed by atoms with E-state index in [1.807, 2.05) is 0 Å². The van der Waals surface area contributed by atoms with Gasteiger partial charge in [-0.1, -0.05) is 60.7 Å². The molecule has 0 aliphatic rings. The summed E-state index contributed by atoms with van der Waals surface area (Å²) in [6, 6.07) is 15.3. The van der Waals surface area contributed by atoms with E-state index in [-0.39, 0.29) is 58.1 Å². The van der Waals surface area contributed by atoms with Crippen LogP contribution in [0.4, 0.5) is 52.7 Å². The molecule has 53 heavy (non-hydrogen) atoms. The largest absolute Gasteiger partial charge is 0.478 e. The number of carbonyl (C=O) groups is 1. The van der Waals surface area contributed by atoms with Gasteiger partial charge in [-0.3, -0.25) is 0 Å². The smallest absolute Gasteiger partial charge is 0.416 e. The maximum Gasteiger partial charge on any atom is 0.416 e. The number of rotatable bonds is 5. The highest BCUT2D eigenvalue weighted by Gasteiger charge is 2.44. The third-order valence-corrected chi connectivity index (χ3v) is 11.5. The first-order valence-electron chi connectivity index (χ1n) is 15.0. The number of carboxylic acids is 1. The molecule has 0 bridgehead atoms. The summed E-state index contributed by atoms with van der Waals surface area (Å²) in [5, 5.41) is 7.31. The molecule has 0 saturated heterocycles. The molecule has 16 heteroatoms. The Morgan fingerprint density at radius 3 is 1.21 bits per heavy atom. The highest BCUT2D eigenvalue weighted by Crippen LogP contribution is 2.51. The van der Waals surface area contributed by atoms with Crippen LogP contribution in [-0.4, -0.2) is 11.1 Å². The molecule has 0 amide bonds. The topological polar surface area (TPSA) is 54.4 Å². The molecule has 274 valence electrons. The van der Waals surface area contributed by atoms with Crippen molar-refractivity contribution in [2.75, 3.05) is 0 Å². The lowest BCUT2D eigenvalue weighted by molar-refractivity contribution is -0.144. The van der Waals surface area contributed by atoms with Gasteiger partial charge in [0.15, 0.2) is 7.14 Å². The second kappa shape index (κ2) is 12.7. The van der Waals surface area contributed by atoms with E-state index >= 15 is 4.57 Å². The van der Waals surface area contributed by atoms with Gasteiger partial charge >= 0.3 is 30.7 Å². The number of hydrogen-bond acceptors (Lipinski definition) is 2. The lowest BCUT2D eigenvalue weighted by Gasteiger charge is -2.28. The van der Waals surface area contributed by atoms with Gasteiger partial charge in [0.2, 0.25) is 0 Å².